The Morgan fingerprint density at radius 1 is 1.17 bits per heavy atom. The molecule has 0 bridgehead atoms. The summed E-state index contributed by atoms with van der Waals surface area (Å²) in [6.07, 6.45) is 4.74. The van der Waals surface area contributed by atoms with Crippen LogP contribution in [0.25, 0.3) is 0 Å². The van der Waals surface area contributed by atoms with Crippen LogP contribution in [0, 0.1) is 0 Å². The first-order valence-corrected chi connectivity index (χ1v) is 8.22. The molecule has 0 saturated carbocycles. The minimum atomic E-state index is -1.02. The molecule has 1 fully saturated rings. The van der Waals surface area contributed by atoms with Gasteiger partial charge < -0.3 is 14.5 Å². The summed E-state index contributed by atoms with van der Waals surface area (Å²) >= 11 is 0. The lowest BCUT2D eigenvalue weighted by molar-refractivity contribution is 0.0680. The van der Waals surface area contributed by atoms with Gasteiger partial charge in [0.2, 0.25) is 0 Å². The Morgan fingerprint density at radius 2 is 1.92 bits per heavy atom. The maximum Gasteiger partial charge on any atom is 0.340 e. The van der Waals surface area contributed by atoms with Crippen LogP contribution in [0.1, 0.15) is 56.3 Å². The molecule has 0 spiro atoms. The predicted molar refractivity (Wildman–Crippen MR) is 85.2 cm³/mol. The number of fused-ring (bicyclic) bond motifs is 1. The van der Waals surface area contributed by atoms with Crippen molar-refractivity contribution >= 4 is 11.9 Å². The number of carbonyl (C=O) groups is 2. The Morgan fingerprint density at radius 3 is 2.54 bits per heavy atom. The van der Waals surface area contributed by atoms with Gasteiger partial charge in [-0.15, -0.1) is 0 Å². The van der Waals surface area contributed by atoms with E-state index in [9.17, 15) is 9.59 Å². The molecule has 24 heavy (non-hydrogen) atoms. The molecule has 1 aliphatic heterocycles. The minimum Gasteiger partial charge on any atom is -0.478 e. The van der Waals surface area contributed by atoms with E-state index in [2.05, 4.69) is 5.16 Å². The van der Waals surface area contributed by atoms with E-state index in [4.69, 9.17) is 9.63 Å². The van der Waals surface area contributed by atoms with E-state index in [0.717, 1.165) is 18.4 Å². The van der Waals surface area contributed by atoms with Crippen LogP contribution < -0.4 is 0 Å². The van der Waals surface area contributed by atoms with E-state index in [-0.39, 0.29) is 17.4 Å². The molecule has 6 nitrogen and oxygen atoms in total. The Kier molecular flexibility index (Phi) is 3.59. The van der Waals surface area contributed by atoms with E-state index >= 15 is 0 Å². The van der Waals surface area contributed by atoms with Crippen molar-refractivity contribution in [3.05, 3.63) is 52.4 Å². The molecule has 1 aromatic heterocycles. The van der Waals surface area contributed by atoms with E-state index in [1.54, 1.807) is 0 Å². The number of likely N-dealkylation sites (tertiary alicyclic amines) is 1. The van der Waals surface area contributed by atoms with Gasteiger partial charge in [0, 0.05) is 24.6 Å². The molecule has 2 aliphatic rings. The zero-order valence-corrected chi connectivity index (χ0v) is 13.2. The molecular weight excluding hydrogens is 308 g/mol. The number of carboxylic acids is 1. The summed E-state index contributed by atoms with van der Waals surface area (Å²) in [6.45, 7) is 1.21. The highest BCUT2D eigenvalue weighted by Gasteiger charge is 2.30. The number of benzene rings is 1. The minimum absolute atomic E-state index is 0.0238. The van der Waals surface area contributed by atoms with Crippen molar-refractivity contribution in [1.82, 2.24) is 10.1 Å². The van der Waals surface area contributed by atoms with Crippen molar-refractivity contribution < 1.29 is 19.2 Å². The molecule has 2 aromatic rings. The SMILES string of the molecule is O=C(O)c1conc1C1CCN(C(=O)c2ccc3c(c2)CC3)CC1. The molecule has 1 N–H and O–H groups in total. The number of piperidine rings is 1. The van der Waals surface area contributed by atoms with Crippen molar-refractivity contribution in [2.45, 2.75) is 31.6 Å². The number of hydrogen-bond acceptors (Lipinski definition) is 4. The van der Waals surface area contributed by atoms with Crippen LogP contribution in [0.5, 0.6) is 0 Å². The summed E-state index contributed by atoms with van der Waals surface area (Å²) in [6, 6.07) is 5.97. The standard InChI is InChI=1S/C18H18N2O4/c21-17(14-4-2-11-1-3-13(11)9-14)20-7-5-12(6-8-20)16-15(18(22)23)10-24-19-16/h2,4,9-10,12H,1,3,5-8H2,(H,22,23). The summed E-state index contributed by atoms with van der Waals surface area (Å²) in [5.74, 6) is -0.940. The zero-order chi connectivity index (χ0) is 16.7. The number of amides is 1. The lowest BCUT2D eigenvalue weighted by Crippen LogP contribution is -2.38. The van der Waals surface area contributed by atoms with Crippen LogP contribution in [-0.4, -0.2) is 40.1 Å². The quantitative estimate of drug-likeness (QED) is 0.937. The van der Waals surface area contributed by atoms with Crippen molar-refractivity contribution in [2.75, 3.05) is 13.1 Å². The average Bonchev–Trinajstić information content (AvgIpc) is 3.05. The molecule has 1 amide bonds. The molecule has 2 heterocycles. The molecule has 1 aliphatic carbocycles. The van der Waals surface area contributed by atoms with Crippen molar-refractivity contribution in [3.8, 4) is 0 Å². The normalized spacial score (nSPS) is 17.2. The molecule has 4 rings (SSSR count). The molecular formula is C18H18N2O4. The first-order valence-electron chi connectivity index (χ1n) is 8.22. The molecule has 0 atom stereocenters. The number of aromatic nitrogens is 1. The van der Waals surface area contributed by atoms with Gasteiger partial charge in [0.15, 0.2) is 0 Å². The smallest absolute Gasteiger partial charge is 0.340 e. The molecule has 0 radical (unpaired) electrons. The average molecular weight is 326 g/mol. The van der Waals surface area contributed by atoms with Gasteiger partial charge in [-0.3, -0.25) is 4.79 Å². The second-order valence-corrected chi connectivity index (χ2v) is 6.47. The van der Waals surface area contributed by atoms with Crippen LogP contribution in [0.2, 0.25) is 0 Å². The van der Waals surface area contributed by atoms with Crippen LogP contribution in [-0.2, 0) is 12.8 Å². The van der Waals surface area contributed by atoms with Gasteiger partial charge in [-0.25, -0.2) is 4.79 Å². The van der Waals surface area contributed by atoms with E-state index in [1.165, 1.54) is 17.4 Å². The maximum absolute atomic E-state index is 12.7. The maximum atomic E-state index is 12.7. The lowest BCUT2D eigenvalue weighted by atomic mass is 9.86. The fourth-order valence-electron chi connectivity index (χ4n) is 3.57. The van der Waals surface area contributed by atoms with Gasteiger partial charge in [-0.2, -0.15) is 0 Å². The first-order chi connectivity index (χ1) is 11.6. The van der Waals surface area contributed by atoms with Crippen LogP contribution in [0.15, 0.2) is 29.0 Å². The van der Waals surface area contributed by atoms with Crippen LogP contribution in [0.4, 0.5) is 0 Å². The molecule has 124 valence electrons. The van der Waals surface area contributed by atoms with Gasteiger partial charge in [0.25, 0.3) is 5.91 Å². The van der Waals surface area contributed by atoms with E-state index in [0.29, 0.717) is 31.6 Å². The van der Waals surface area contributed by atoms with Gasteiger partial charge in [-0.1, -0.05) is 11.2 Å². The monoisotopic (exact) mass is 326 g/mol. The second-order valence-electron chi connectivity index (χ2n) is 6.47. The Labute approximate surface area is 139 Å². The lowest BCUT2D eigenvalue weighted by Gasteiger charge is -2.32. The summed E-state index contributed by atoms with van der Waals surface area (Å²) in [5, 5.41) is 13.0. The highest BCUT2D eigenvalue weighted by molar-refractivity contribution is 5.94. The number of hydrogen-bond donors (Lipinski definition) is 1. The third kappa shape index (κ3) is 2.48. The number of carbonyl (C=O) groups excluding carboxylic acids is 1. The van der Waals surface area contributed by atoms with E-state index < -0.39 is 5.97 Å². The fraction of sp³-hybridized carbons (Fsp3) is 0.389. The first kappa shape index (κ1) is 14.9. The second kappa shape index (κ2) is 5.78. The van der Waals surface area contributed by atoms with Gasteiger partial charge in [0.05, 0.1) is 0 Å². The fourth-order valence-corrected chi connectivity index (χ4v) is 3.57. The predicted octanol–water partition coefficient (Wildman–Crippen LogP) is 2.49. The third-order valence-electron chi connectivity index (χ3n) is 5.11. The van der Waals surface area contributed by atoms with Crippen molar-refractivity contribution in [1.29, 1.82) is 0 Å². The summed E-state index contributed by atoms with van der Waals surface area (Å²) in [5.41, 5.74) is 4.00. The molecule has 6 heteroatoms. The van der Waals surface area contributed by atoms with Gasteiger partial charge >= 0.3 is 5.97 Å². The van der Waals surface area contributed by atoms with Crippen molar-refractivity contribution in [2.24, 2.45) is 0 Å². The zero-order valence-electron chi connectivity index (χ0n) is 13.2. The topological polar surface area (TPSA) is 83.6 Å². The van der Waals surface area contributed by atoms with E-state index in [1.807, 2.05) is 23.1 Å². The third-order valence-corrected chi connectivity index (χ3v) is 5.11. The molecule has 0 unspecified atom stereocenters. The summed E-state index contributed by atoms with van der Waals surface area (Å²) in [4.78, 5) is 25.7. The van der Waals surface area contributed by atoms with Gasteiger partial charge in [-0.05, 0) is 48.9 Å². The number of nitrogens with zero attached hydrogens (tertiary/aromatic N) is 2. The number of aryl methyl sites for hydroxylation is 2. The molecule has 1 aromatic carbocycles. The summed E-state index contributed by atoms with van der Waals surface area (Å²) < 4.78 is 4.82. The van der Waals surface area contributed by atoms with Gasteiger partial charge in [0.1, 0.15) is 17.5 Å². The molecule has 1 saturated heterocycles. The number of aromatic carboxylic acids is 1. The summed E-state index contributed by atoms with van der Waals surface area (Å²) in [7, 11) is 0. The largest absolute Gasteiger partial charge is 0.478 e. The Hall–Kier alpha value is -2.63. The van der Waals surface area contributed by atoms with Crippen molar-refractivity contribution in [3.63, 3.8) is 0 Å². The highest BCUT2D eigenvalue weighted by atomic mass is 16.5. The Balaban J connectivity index is 1.44. The highest BCUT2D eigenvalue weighted by Crippen LogP contribution is 2.30. The Bertz CT molecular complexity index is 803. The van der Waals surface area contributed by atoms with Crippen LogP contribution >= 0.6 is 0 Å². The van der Waals surface area contributed by atoms with Crippen LogP contribution in [0.3, 0.4) is 0 Å². The number of rotatable bonds is 3. The number of carboxylic acid groups (broad SMARTS) is 1.